The Morgan fingerprint density at radius 2 is 1.79 bits per heavy atom. The topological polar surface area (TPSA) is 69.7 Å². The van der Waals surface area contributed by atoms with E-state index in [1.165, 1.54) is 7.11 Å². The van der Waals surface area contributed by atoms with Crippen molar-refractivity contribution < 1.29 is 22.7 Å². The van der Waals surface area contributed by atoms with Gasteiger partial charge in [0, 0.05) is 0 Å². The maximum Gasteiger partial charge on any atom is 0.337 e. The zero-order valence-electron chi connectivity index (χ0n) is 11.1. The van der Waals surface area contributed by atoms with Gasteiger partial charge in [-0.3, -0.25) is 0 Å². The lowest BCUT2D eigenvalue weighted by Gasteiger charge is -2.07. The molecule has 0 aliphatic heterocycles. The van der Waals surface area contributed by atoms with Crippen molar-refractivity contribution in [2.45, 2.75) is 13.3 Å². The van der Waals surface area contributed by atoms with Gasteiger partial charge < -0.3 is 9.47 Å². The molecule has 5 nitrogen and oxygen atoms in total. The van der Waals surface area contributed by atoms with Crippen LogP contribution >= 0.6 is 0 Å². The lowest BCUT2D eigenvalue weighted by Crippen LogP contribution is -2.16. The minimum atomic E-state index is -3.03. The minimum absolute atomic E-state index is 0.000404. The summed E-state index contributed by atoms with van der Waals surface area (Å²) in [5.41, 5.74) is 0.424. The third-order valence-corrected chi connectivity index (χ3v) is 4.27. The number of ether oxygens (including phenoxy) is 2. The maximum absolute atomic E-state index is 11.5. The molecule has 0 atom stereocenters. The van der Waals surface area contributed by atoms with Gasteiger partial charge in [-0.05, 0) is 30.7 Å². The Balaban J connectivity index is 2.49. The van der Waals surface area contributed by atoms with Gasteiger partial charge in [-0.15, -0.1) is 0 Å². The monoisotopic (exact) mass is 286 g/mol. The van der Waals surface area contributed by atoms with Gasteiger partial charge in [0.25, 0.3) is 0 Å². The quantitative estimate of drug-likeness (QED) is 0.713. The number of hydrogen-bond donors (Lipinski definition) is 0. The van der Waals surface area contributed by atoms with E-state index >= 15 is 0 Å². The first kappa shape index (κ1) is 15.5. The van der Waals surface area contributed by atoms with Crippen LogP contribution in [-0.2, 0) is 14.6 Å². The number of carbonyl (C=O) groups is 1. The molecule has 0 saturated heterocycles. The Hall–Kier alpha value is -1.56. The van der Waals surface area contributed by atoms with Crippen LogP contribution in [0.3, 0.4) is 0 Å². The molecule has 1 aromatic carbocycles. The molecule has 1 aromatic rings. The standard InChI is InChI=1S/C13H18O5S/c1-3-9-19(15,16)10-8-18-12-6-4-11(5-7-12)13(14)17-2/h4-7H,3,8-10H2,1-2H3. The Morgan fingerprint density at radius 3 is 2.32 bits per heavy atom. The van der Waals surface area contributed by atoms with E-state index in [1.54, 1.807) is 24.3 Å². The molecule has 0 radical (unpaired) electrons. The zero-order valence-corrected chi connectivity index (χ0v) is 11.9. The number of methoxy groups -OCH3 is 1. The minimum Gasteiger partial charge on any atom is -0.493 e. The molecule has 0 amide bonds. The van der Waals surface area contributed by atoms with Gasteiger partial charge in [-0.25, -0.2) is 13.2 Å². The van der Waals surface area contributed by atoms with E-state index in [0.29, 0.717) is 17.7 Å². The second-order valence-corrected chi connectivity index (χ2v) is 6.32. The molecule has 0 fully saturated rings. The average Bonchev–Trinajstić information content (AvgIpc) is 2.38. The van der Waals surface area contributed by atoms with Gasteiger partial charge >= 0.3 is 5.97 Å². The molecule has 0 bridgehead atoms. The van der Waals surface area contributed by atoms with Crippen molar-refractivity contribution in [3.8, 4) is 5.75 Å². The van der Waals surface area contributed by atoms with Gasteiger partial charge in [0.1, 0.15) is 12.4 Å². The predicted molar refractivity (Wildman–Crippen MR) is 72.2 cm³/mol. The van der Waals surface area contributed by atoms with Gasteiger partial charge in [-0.2, -0.15) is 0 Å². The average molecular weight is 286 g/mol. The Kier molecular flexibility index (Phi) is 5.82. The molecule has 0 aliphatic carbocycles. The third-order valence-electron chi connectivity index (χ3n) is 2.45. The smallest absolute Gasteiger partial charge is 0.337 e. The zero-order chi connectivity index (χ0) is 14.3. The van der Waals surface area contributed by atoms with Crippen LogP contribution in [0.1, 0.15) is 23.7 Å². The third kappa shape index (κ3) is 5.30. The number of esters is 1. The first-order valence-corrected chi connectivity index (χ1v) is 7.82. The molecule has 0 aromatic heterocycles. The molecule has 0 N–H and O–H groups in total. The normalized spacial score (nSPS) is 11.1. The van der Waals surface area contributed by atoms with E-state index in [1.807, 2.05) is 6.92 Å². The summed E-state index contributed by atoms with van der Waals surface area (Å²) in [6, 6.07) is 6.36. The fraction of sp³-hybridized carbons (Fsp3) is 0.462. The Morgan fingerprint density at radius 1 is 1.16 bits per heavy atom. The van der Waals surface area contributed by atoms with Crippen molar-refractivity contribution in [3.63, 3.8) is 0 Å². The number of rotatable bonds is 7. The molecular formula is C13H18O5S. The van der Waals surface area contributed by atoms with Crippen molar-refractivity contribution in [1.82, 2.24) is 0 Å². The van der Waals surface area contributed by atoms with E-state index < -0.39 is 15.8 Å². The maximum atomic E-state index is 11.5. The van der Waals surface area contributed by atoms with Crippen LogP contribution in [0, 0.1) is 0 Å². The molecule has 6 heteroatoms. The SMILES string of the molecule is CCCS(=O)(=O)CCOc1ccc(C(=O)OC)cc1. The molecule has 0 spiro atoms. The summed E-state index contributed by atoms with van der Waals surface area (Å²) < 4.78 is 32.8. The number of sulfone groups is 1. The van der Waals surface area contributed by atoms with Crippen LogP contribution in [0.2, 0.25) is 0 Å². The second-order valence-electron chi connectivity index (χ2n) is 4.02. The van der Waals surface area contributed by atoms with E-state index in [9.17, 15) is 13.2 Å². The van der Waals surface area contributed by atoms with Crippen LogP contribution in [0.4, 0.5) is 0 Å². The van der Waals surface area contributed by atoms with Crippen LogP contribution in [-0.4, -0.2) is 39.6 Å². The molecule has 0 aliphatic rings. The first-order chi connectivity index (χ1) is 8.98. The molecule has 19 heavy (non-hydrogen) atoms. The summed E-state index contributed by atoms with van der Waals surface area (Å²) in [4.78, 5) is 11.2. The highest BCUT2D eigenvalue weighted by molar-refractivity contribution is 7.91. The summed E-state index contributed by atoms with van der Waals surface area (Å²) in [6.07, 6.45) is 0.607. The van der Waals surface area contributed by atoms with Gasteiger partial charge in [0.2, 0.25) is 0 Å². The highest BCUT2D eigenvalue weighted by Gasteiger charge is 2.09. The number of carbonyl (C=O) groups excluding carboxylic acids is 1. The fourth-order valence-corrected chi connectivity index (χ4v) is 2.67. The first-order valence-electron chi connectivity index (χ1n) is 6.00. The molecule has 0 heterocycles. The van der Waals surface area contributed by atoms with Crippen LogP contribution in [0.25, 0.3) is 0 Å². The summed E-state index contributed by atoms with van der Waals surface area (Å²) in [5, 5.41) is 0. The number of hydrogen-bond acceptors (Lipinski definition) is 5. The molecular weight excluding hydrogens is 268 g/mol. The van der Waals surface area contributed by atoms with Gasteiger partial charge in [-0.1, -0.05) is 6.92 Å². The summed E-state index contributed by atoms with van der Waals surface area (Å²) in [5.74, 6) is 0.286. The van der Waals surface area contributed by atoms with Crippen molar-refractivity contribution in [2.75, 3.05) is 25.2 Å². The van der Waals surface area contributed by atoms with E-state index in [0.717, 1.165) is 0 Å². The Labute approximate surface area is 113 Å². The Bertz CT molecular complexity index is 504. The summed E-state index contributed by atoms with van der Waals surface area (Å²) >= 11 is 0. The molecule has 1 rings (SSSR count). The van der Waals surface area contributed by atoms with E-state index in [2.05, 4.69) is 4.74 Å². The van der Waals surface area contributed by atoms with Crippen LogP contribution < -0.4 is 4.74 Å². The van der Waals surface area contributed by atoms with Crippen molar-refractivity contribution >= 4 is 15.8 Å². The van der Waals surface area contributed by atoms with Gasteiger partial charge in [0.15, 0.2) is 9.84 Å². The largest absolute Gasteiger partial charge is 0.493 e. The van der Waals surface area contributed by atoms with E-state index in [4.69, 9.17) is 4.74 Å². The molecule has 106 valence electrons. The highest BCUT2D eigenvalue weighted by Crippen LogP contribution is 2.13. The highest BCUT2D eigenvalue weighted by atomic mass is 32.2. The second kappa shape index (κ2) is 7.13. The predicted octanol–water partition coefficient (Wildman–Crippen LogP) is 1.68. The van der Waals surface area contributed by atoms with Crippen LogP contribution in [0.15, 0.2) is 24.3 Å². The molecule has 0 unspecified atom stereocenters. The van der Waals surface area contributed by atoms with Crippen molar-refractivity contribution in [1.29, 1.82) is 0 Å². The van der Waals surface area contributed by atoms with E-state index in [-0.39, 0.29) is 18.1 Å². The summed E-state index contributed by atoms with van der Waals surface area (Å²) in [6.45, 7) is 1.93. The number of benzene rings is 1. The summed E-state index contributed by atoms with van der Waals surface area (Å²) in [7, 11) is -1.72. The van der Waals surface area contributed by atoms with Crippen LogP contribution in [0.5, 0.6) is 5.75 Å². The lowest BCUT2D eigenvalue weighted by atomic mass is 10.2. The molecule has 0 saturated carbocycles. The van der Waals surface area contributed by atoms with Crippen molar-refractivity contribution in [2.24, 2.45) is 0 Å². The van der Waals surface area contributed by atoms with Crippen molar-refractivity contribution in [3.05, 3.63) is 29.8 Å². The van der Waals surface area contributed by atoms with Gasteiger partial charge in [0.05, 0.1) is 24.2 Å². The fourth-order valence-electron chi connectivity index (χ4n) is 1.50. The lowest BCUT2D eigenvalue weighted by molar-refractivity contribution is 0.0600.